The zero-order valence-electron chi connectivity index (χ0n) is 11.0. The standard InChI is InChI=1S/C12H13Cl2NO5S/c1-2-3-15-21(18,19)8-5-6-4-7(12(16)17)20-11(6)10(14)9(8)13/h5,7,15H,2-4H2,1H3,(H,16,17). The predicted octanol–water partition coefficient (Wildman–Crippen LogP) is 2.07. The first kappa shape index (κ1) is 16.4. The molecule has 21 heavy (non-hydrogen) atoms. The van der Waals surface area contributed by atoms with E-state index in [0.29, 0.717) is 12.0 Å². The van der Waals surface area contributed by atoms with Gasteiger partial charge in [-0.1, -0.05) is 30.1 Å². The molecule has 0 saturated heterocycles. The Balaban J connectivity index is 2.47. The van der Waals surface area contributed by atoms with E-state index >= 15 is 0 Å². The Kier molecular flexibility index (Phi) is 4.67. The van der Waals surface area contributed by atoms with E-state index in [1.807, 2.05) is 6.92 Å². The Morgan fingerprint density at radius 1 is 1.48 bits per heavy atom. The number of carbonyl (C=O) groups is 1. The number of rotatable bonds is 5. The highest BCUT2D eigenvalue weighted by molar-refractivity contribution is 7.89. The summed E-state index contributed by atoms with van der Waals surface area (Å²) >= 11 is 12.0. The Hall–Kier alpha value is -1.02. The first-order chi connectivity index (χ1) is 9.77. The highest BCUT2D eigenvalue weighted by atomic mass is 35.5. The van der Waals surface area contributed by atoms with Crippen LogP contribution in [-0.4, -0.2) is 32.1 Å². The zero-order valence-corrected chi connectivity index (χ0v) is 13.3. The van der Waals surface area contributed by atoms with Crippen LogP contribution >= 0.6 is 23.2 Å². The van der Waals surface area contributed by atoms with Gasteiger partial charge in [0.1, 0.15) is 15.7 Å². The lowest BCUT2D eigenvalue weighted by atomic mass is 10.1. The van der Waals surface area contributed by atoms with Crippen LogP contribution < -0.4 is 9.46 Å². The fraction of sp³-hybridized carbons (Fsp3) is 0.417. The second-order valence-electron chi connectivity index (χ2n) is 4.54. The minimum atomic E-state index is -3.80. The molecular weight excluding hydrogens is 341 g/mol. The van der Waals surface area contributed by atoms with E-state index < -0.39 is 22.1 Å². The SMILES string of the molecule is CCCNS(=O)(=O)c1cc2c(c(Cl)c1Cl)OC(C(=O)O)C2. The van der Waals surface area contributed by atoms with Crippen molar-refractivity contribution in [3.05, 3.63) is 21.7 Å². The van der Waals surface area contributed by atoms with E-state index in [9.17, 15) is 13.2 Å². The van der Waals surface area contributed by atoms with Crippen molar-refractivity contribution in [1.29, 1.82) is 0 Å². The van der Waals surface area contributed by atoms with Crippen molar-refractivity contribution < 1.29 is 23.1 Å². The average Bonchev–Trinajstić information content (AvgIpc) is 2.85. The number of benzene rings is 1. The van der Waals surface area contributed by atoms with Crippen LogP contribution in [0.25, 0.3) is 0 Å². The van der Waals surface area contributed by atoms with Gasteiger partial charge in [0.2, 0.25) is 10.0 Å². The van der Waals surface area contributed by atoms with Crippen molar-refractivity contribution in [2.75, 3.05) is 6.54 Å². The lowest BCUT2D eigenvalue weighted by Gasteiger charge is -2.11. The molecule has 2 N–H and O–H groups in total. The minimum absolute atomic E-state index is 0.0395. The molecule has 1 heterocycles. The van der Waals surface area contributed by atoms with Gasteiger partial charge in [0, 0.05) is 18.5 Å². The molecule has 1 aliphatic rings. The van der Waals surface area contributed by atoms with Gasteiger partial charge in [-0.2, -0.15) is 0 Å². The second-order valence-corrected chi connectivity index (χ2v) is 7.03. The molecule has 2 rings (SSSR count). The van der Waals surface area contributed by atoms with Crippen LogP contribution in [0.4, 0.5) is 0 Å². The lowest BCUT2D eigenvalue weighted by molar-refractivity contribution is -0.144. The van der Waals surface area contributed by atoms with Gasteiger partial charge in [0.15, 0.2) is 6.10 Å². The quantitative estimate of drug-likeness (QED) is 0.845. The molecule has 0 saturated carbocycles. The summed E-state index contributed by atoms with van der Waals surface area (Å²) < 4.78 is 31.9. The van der Waals surface area contributed by atoms with Crippen LogP contribution in [0.3, 0.4) is 0 Å². The van der Waals surface area contributed by atoms with Gasteiger partial charge >= 0.3 is 5.97 Å². The first-order valence-electron chi connectivity index (χ1n) is 6.18. The molecule has 6 nitrogen and oxygen atoms in total. The van der Waals surface area contributed by atoms with E-state index in [1.165, 1.54) is 6.07 Å². The van der Waals surface area contributed by atoms with Crippen molar-refractivity contribution in [3.63, 3.8) is 0 Å². The van der Waals surface area contributed by atoms with Crippen LogP contribution in [0, 0.1) is 0 Å². The van der Waals surface area contributed by atoms with Crippen molar-refractivity contribution in [2.24, 2.45) is 0 Å². The van der Waals surface area contributed by atoms with Crippen LogP contribution in [-0.2, 0) is 21.2 Å². The molecule has 1 unspecified atom stereocenters. The monoisotopic (exact) mass is 353 g/mol. The van der Waals surface area contributed by atoms with Crippen molar-refractivity contribution in [3.8, 4) is 5.75 Å². The molecule has 0 spiro atoms. The summed E-state index contributed by atoms with van der Waals surface area (Å²) in [5, 5.41) is 8.70. The Labute approximate surface area is 132 Å². The number of hydrogen-bond donors (Lipinski definition) is 2. The summed E-state index contributed by atoms with van der Waals surface area (Å²) in [5.41, 5.74) is 0.411. The molecule has 0 amide bonds. The van der Waals surface area contributed by atoms with E-state index in [4.69, 9.17) is 33.0 Å². The van der Waals surface area contributed by atoms with E-state index in [-0.39, 0.29) is 33.7 Å². The fourth-order valence-corrected chi connectivity index (χ4v) is 3.98. The zero-order chi connectivity index (χ0) is 15.8. The summed E-state index contributed by atoms with van der Waals surface area (Å²) in [6, 6.07) is 1.31. The fourth-order valence-electron chi connectivity index (χ4n) is 1.95. The summed E-state index contributed by atoms with van der Waals surface area (Å²) in [4.78, 5) is 10.8. The highest BCUT2D eigenvalue weighted by Gasteiger charge is 2.34. The molecule has 1 atom stereocenters. The average molecular weight is 354 g/mol. The van der Waals surface area contributed by atoms with Crippen LogP contribution in [0.15, 0.2) is 11.0 Å². The van der Waals surface area contributed by atoms with Gasteiger partial charge in [0.25, 0.3) is 0 Å². The van der Waals surface area contributed by atoms with E-state index in [2.05, 4.69) is 4.72 Å². The van der Waals surface area contributed by atoms with Gasteiger partial charge in [-0.05, 0) is 12.5 Å². The largest absolute Gasteiger partial charge is 0.478 e. The van der Waals surface area contributed by atoms with Crippen molar-refractivity contribution >= 4 is 39.2 Å². The number of nitrogens with one attached hydrogen (secondary N) is 1. The lowest BCUT2D eigenvalue weighted by Crippen LogP contribution is -2.25. The summed E-state index contributed by atoms with van der Waals surface area (Å²) in [5.74, 6) is -1.02. The molecule has 1 aliphatic heterocycles. The van der Waals surface area contributed by atoms with Crippen LogP contribution in [0.5, 0.6) is 5.75 Å². The topological polar surface area (TPSA) is 92.7 Å². The van der Waals surface area contributed by atoms with Gasteiger partial charge in [0.05, 0.1) is 5.02 Å². The molecule has 116 valence electrons. The molecule has 0 bridgehead atoms. The highest BCUT2D eigenvalue weighted by Crippen LogP contribution is 2.43. The van der Waals surface area contributed by atoms with Gasteiger partial charge in [-0.15, -0.1) is 0 Å². The van der Waals surface area contributed by atoms with Crippen molar-refractivity contribution in [2.45, 2.75) is 30.8 Å². The molecule has 9 heteroatoms. The maximum atomic E-state index is 12.2. The minimum Gasteiger partial charge on any atom is -0.478 e. The van der Waals surface area contributed by atoms with E-state index in [0.717, 1.165) is 0 Å². The predicted molar refractivity (Wildman–Crippen MR) is 77.7 cm³/mol. The summed E-state index contributed by atoms with van der Waals surface area (Å²) in [7, 11) is -3.80. The molecule has 0 aromatic heterocycles. The number of fused-ring (bicyclic) bond motifs is 1. The second kappa shape index (κ2) is 6.00. The van der Waals surface area contributed by atoms with Gasteiger partial charge < -0.3 is 9.84 Å². The maximum Gasteiger partial charge on any atom is 0.345 e. The molecule has 1 aromatic carbocycles. The Bertz CT molecular complexity index is 689. The van der Waals surface area contributed by atoms with Crippen molar-refractivity contribution in [1.82, 2.24) is 4.72 Å². The smallest absolute Gasteiger partial charge is 0.345 e. The molecule has 0 radical (unpaired) electrons. The first-order valence-corrected chi connectivity index (χ1v) is 8.41. The van der Waals surface area contributed by atoms with E-state index in [1.54, 1.807) is 0 Å². The molecule has 0 fully saturated rings. The third-order valence-electron chi connectivity index (χ3n) is 2.98. The molecular formula is C12H13Cl2NO5S. The summed E-state index contributed by atoms with van der Waals surface area (Å²) in [6.07, 6.45) is -0.424. The number of halogens is 2. The van der Waals surface area contributed by atoms with Crippen LogP contribution in [0.2, 0.25) is 10.0 Å². The van der Waals surface area contributed by atoms with Gasteiger partial charge in [-0.3, -0.25) is 0 Å². The number of sulfonamides is 1. The number of hydrogen-bond acceptors (Lipinski definition) is 4. The van der Waals surface area contributed by atoms with Crippen LogP contribution in [0.1, 0.15) is 18.9 Å². The number of aliphatic carboxylic acids is 1. The number of carboxylic acid groups (broad SMARTS) is 1. The molecule has 1 aromatic rings. The third-order valence-corrected chi connectivity index (χ3v) is 5.42. The van der Waals surface area contributed by atoms with Gasteiger partial charge in [-0.25, -0.2) is 17.9 Å². The normalized spacial score (nSPS) is 17.4. The molecule has 0 aliphatic carbocycles. The Morgan fingerprint density at radius 3 is 2.71 bits per heavy atom. The Morgan fingerprint density at radius 2 is 2.14 bits per heavy atom. The number of ether oxygens (including phenoxy) is 1. The third kappa shape index (κ3) is 3.11. The summed E-state index contributed by atoms with van der Waals surface area (Å²) in [6.45, 7) is 2.09. The maximum absolute atomic E-state index is 12.2. The number of carboxylic acids is 1.